The highest BCUT2D eigenvalue weighted by Gasteiger charge is 2.03. The van der Waals surface area contributed by atoms with Gasteiger partial charge < -0.3 is 0 Å². The van der Waals surface area contributed by atoms with Crippen LogP contribution in [0.1, 0.15) is 68.7 Å². The van der Waals surface area contributed by atoms with Crippen molar-refractivity contribution in [3.63, 3.8) is 0 Å². The lowest BCUT2D eigenvalue weighted by atomic mass is 10.2. The van der Waals surface area contributed by atoms with Crippen molar-refractivity contribution in [2.24, 2.45) is 0 Å². The third-order valence-electron chi connectivity index (χ3n) is 1.73. The molecule has 4 heteroatoms. The molecule has 104 valence electrons. The normalized spacial score (nSPS) is 9.62. The standard InChI is InChI=1S/C8H19NO2S.2C2H6.H2/c1-3-5-6-7-8-9-12(10,11)4-2;2*1-2;/h9H,3-8H2,1-2H3;2*1-2H3;1H. The summed E-state index contributed by atoms with van der Waals surface area (Å²) in [7, 11) is -2.96. The van der Waals surface area contributed by atoms with Crippen molar-refractivity contribution in [1.29, 1.82) is 0 Å². The Morgan fingerprint density at radius 3 is 1.81 bits per heavy atom. The molecule has 0 saturated heterocycles. The molecular weight excluding hydrogens is 222 g/mol. The van der Waals surface area contributed by atoms with E-state index in [2.05, 4.69) is 11.6 Å². The van der Waals surface area contributed by atoms with Gasteiger partial charge in [0.1, 0.15) is 0 Å². The summed E-state index contributed by atoms with van der Waals surface area (Å²) in [5.41, 5.74) is 0. The summed E-state index contributed by atoms with van der Waals surface area (Å²) >= 11 is 0. The molecule has 0 atom stereocenters. The van der Waals surface area contributed by atoms with Crippen LogP contribution in [0.15, 0.2) is 0 Å². The Morgan fingerprint density at radius 1 is 0.938 bits per heavy atom. The third-order valence-corrected chi connectivity index (χ3v) is 3.14. The predicted molar refractivity (Wildman–Crippen MR) is 76.4 cm³/mol. The Labute approximate surface area is 105 Å². The van der Waals surface area contributed by atoms with Gasteiger partial charge in [-0.05, 0) is 13.3 Å². The number of unbranched alkanes of at least 4 members (excludes halogenated alkanes) is 3. The van der Waals surface area contributed by atoms with E-state index in [4.69, 9.17) is 0 Å². The molecule has 3 nitrogen and oxygen atoms in total. The van der Waals surface area contributed by atoms with Gasteiger partial charge in [0, 0.05) is 7.97 Å². The van der Waals surface area contributed by atoms with Crippen LogP contribution in [0, 0.1) is 0 Å². The predicted octanol–water partition coefficient (Wildman–Crippen LogP) is 3.80. The van der Waals surface area contributed by atoms with E-state index in [1.165, 1.54) is 12.8 Å². The highest BCUT2D eigenvalue weighted by atomic mass is 32.2. The molecule has 0 aromatic carbocycles. The maximum atomic E-state index is 10.9. The van der Waals surface area contributed by atoms with Crippen LogP contribution in [0.4, 0.5) is 0 Å². The molecule has 0 spiro atoms. The first-order valence-corrected chi connectivity index (χ1v) is 8.25. The summed E-state index contributed by atoms with van der Waals surface area (Å²) in [6.07, 6.45) is 4.43. The van der Waals surface area contributed by atoms with E-state index in [9.17, 15) is 8.42 Å². The molecule has 0 aromatic heterocycles. The molecule has 1 N–H and O–H groups in total. The van der Waals surface area contributed by atoms with Crippen LogP contribution >= 0.6 is 0 Å². The Balaban J connectivity index is -0.000000152. The maximum absolute atomic E-state index is 10.9. The van der Waals surface area contributed by atoms with Gasteiger partial charge in [-0.25, -0.2) is 13.1 Å². The lowest BCUT2D eigenvalue weighted by Gasteiger charge is -2.02. The van der Waals surface area contributed by atoms with Gasteiger partial charge in [-0.3, -0.25) is 0 Å². The van der Waals surface area contributed by atoms with Crippen molar-refractivity contribution >= 4 is 10.0 Å². The highest BCUT2D eigenvalue weighted by molar-refractivity contribution is 7.89. The molecule has 0 rings (SSSR count). The van der Waals surface area contributed by atoms with Crippen molar-refractivity contribution in [2.75, 3.05) is 12.3 Å². The fourth-order valence-corrected chi connectivity index (χ4v) is 1.54. The van der Waals surface area contributed by atoms with Crippen LogP contribution in [-0.4, -0.2) is 20.7 Å². The van der Waals surface area contributed by atoms with Gasteiger partial charge in [0.25, 0.3) is 0 Å². The summed E-state index contributed by atoms with van der Waals surface area (Å²) in [5.74, 6) is 0.181. The first-order chi connectivity index (χ1) is 7.62. The van der Waals surface area contributed by atoms with E-state index in [0.29, 0.717) is 6.54 Å². The fourth-order valence-electron chi connectivity index (χ4n) is 0.882. The minimum atomic E-state index is -2.96. The van der Waals surface area contributed by atoms with Crippen LogP contribution in [0.25, 0.3) is 0 Å². The number of hydrogen-bond acceptors (Lipinski definition) is 2. The molecule has 0 aliphatic rings. The molecule has 0 saturated carbocycles. The first kappa shape index (κ1) is 21.2. The lowest BCUT2D eigenvalue weighted by molar-refractivity contribution is 0.575. The Bertz CT molecular complexity index is 195. The van der Waals surface area contributed by atoms with E-state index < -0.39 is 10.0 Å². The number of hydrogen-bond donors (Lipinski definition) is 1. The third kappa shape index (κ3) is 19.5. The Hall–Kier alpha value is -0.0900. The molecule has 16 heavy (non-hydrogen) atoms. The van der Waals surface area contributed by atoms with E-state index in [0.717, 1.165) is 12.8 Å². The summed E-state index contributed by atoms with van der Waals surface area (Å²) in [5, 5.41) is 0. The Morgan fingerprint density at radius 2 is 1.44 bits per heavy atom. The van der Waals surface area contributed by atoms with Gasteiger partial charge in [0.15, 0.2) is 0 Å². The minimum absolute atomic E-state index is 0. The summed E-state index contributed by atoms with van der Waals surface area (Å²) in [6.45, 7) is 12.4. The van der Waals surface area contributed by atoms with Crippen molar-refractivity contribution in [1.82, 2.24) is 4.72 Å². The molecule has 0 aliphatic heterocycles. The van der Waals surface area contributed by atoms with E-state index in [-0.39, 0.29) is 7.18 Å². The van der Waals surface area contributed by atoms with Gasteiger partial charge >= 0.3 is 0 Å². The van der Waals surface area contributed by atoms with Gasteiger partial charge in [-0.2, -0.15) is 0 Å². The van der Waals surface area contributed by atoms with Crippen LogP contribution < -0.4 is 4.72 Å². The maximum Gasteiger partial charge on any atom is 0.211 e. The largest absolute Gasteiger partial charge is 0.215 e. The van der Waals surface area contributed by atoms with E-state index >= 15 is 0 Å². The van der Waals surface area contributed by atoms with Crippen LogP contribution in [-0.2, 0) is 10.0 Å². The molecule has 0 amide bonds. The van der Waals surface area contributed by atoms with Gasteiger partial charge in [-0.15, -0.1) is 0 Å². The van der Waals surface area contributed by atoms with Gasteiger partial charge in [0.05, 0.1) is 5.75 Å². The molecule has 0 radical (unpaired) electrons. The second-order valence-corrected chi connectivity index (χ2v) is 4.95. The van der Waals surface area contributed by atoms with Crippen LogP contribution in [0.3, 0.4) is 0 Å². The molecule has 0 heterocycles. The smallest absolute Gasteiger partial charge is 0.211 e. The number of sulfonamides is 1. The fraction of sp³-hybridized carbons (Fsp3) is 1.00. The lowest BCUT2D eigenvalue weighted by Crippen LogP contribution is -2.26. The van der Waals surface area contributed by atoms with Gasteiger partial charge in [0.2, 0.25) is 10.0 Å². The van der Waals surface area contributed by atoms with Crippen LogP contribution in [0.5, 0.6) is 0 Å². The van der Waals surface area contributed by atoms with Crippen molar-refractivity contribution in [3.05, 3.63) is 0 Å². The zero-order chi connectivity index (χ0) is 13.4. The van der Waals surface area contributed by atoms with Crippen molar-refractivity contribution in [2.45, 2.75) is 67.2 Å². The molecule has 0 aliphatic carbocycles. The quantitative estimate of drug-likeness (QED) is 0.703. The topological polar surface area (TPSA) is 46.2 Å². The SMILES string of the molecule is CC.CC.CCCCCCNS(=O)(=O)CC.[HH]. The zero-order valence-corrected chi connectivity index (χ0v) is 12.8. The second-order valence-electron chi connectivity index (χ2n) is 2.86. The van der Waals surface area contributed by atoms with E-state index in [1.54, 1.807) is 6.92 Å². The second kappa shape index (κ2) is 17.3. The average molecular weight is 255 g/mol. The highest BCUT2D eigenvalue weighted by Crippen LogP contribution is 1.97. The Kier molecular flexibility index (Phi) is 23.0. The summed E-state index contributed by atoms with van der Waals surface area (Å²) in [4.78, 5) is 0. The summed E-state index contributed by atoms with van der Waals surface area (Å²) < 4.78 is 24.4. The van der Waals surface area contributed by atoms with E-state index in [1.807, 2.05) is 27.7 Å². The zero-order valence-electron chi connectivity index (χ0n) is 12.0. The van der Waals surface area contributed by atoms with Crippen molar-refractivity contribution in [3.8, 4) is 0 Å². The minimum Gasteiger partial charge on any atom is -0.215 e. The molecule has 0 bridgehead atoms. The number of rotatable bonds is 7. The summed E-state index contributed by atoms with van der Waals surface area (Å²) in [6, 6.07) is 0. The molecule has 0 fully saturated rings. The molecular formula is C12H33NO2S. The average Bonchev–Trinajstić information content (AvgIpc) is 2.34. The molecule has 0 aromatic rings. The van der Waals surface area contributed by atoms with Gasteiger partial charge in [-0.1, -0.05) is 53.9 Å². The number of nitrogens with one attached hydrogen (secondary N) is 1. The molecule has 0 unspecified atom stereocenters. The van der Waals surface area contributed by atoms with Crippen molar-refractivity contribution < 1.29 is 9.84 Å². The first-order valence-electron chi connectivity index (χ1n) is 6.59. The monoisotopic (exact) mass is 255 g/mol. The van der Waals surface area contributed by atoms with Crippen LogP contribution in [0.2, 0.25) is 0 Å².